The minimum atomic E-state index is -0.344. The van der Waals surface area contributed by atoms with Crippen LogP contribution in [0, 0.1) is 15.5 Å². The summed E-state index contributed by atoms with van der Waals surface area (Å²) in [4.78, 5) is 10.4. The molecule has 0 bridgehead atoms. The highest BCUT2D eigenvalue weighted by Gasteiger charge is 2.31. The van der Waals surface area contributed by atoms with Crippen LogP contribution in [0.15, 0.2) is 24.3 Å². The average Bonchev–Trinajstić information content (AvgIpc) is 2.33. The van der Waals surface area contributed by atoms with E-state index in [1.165, 1.54) is 25.3 Å². The van der Waals surface area contributed by atoms with E-state index in [4.69, 9.17) is 0 Å². The van der Waals surface area contributed by atoms with Crippen LogP contribution in [0.3, 0.4) is 0 Å². The molecule has 0 spiro atoms. The lowest BCUT2D eigenvalue weighted by atomic mass is 9.70. The topological polar surface area (TPSA) is 55.2 Å². The van der Waals surface area contributed by atoms with Crippen molar-refractivity contribution in [3.05, 3.63) is 39.9 Å². The molecule has 0 saturated heterocycles. The third-order valence-corrected chi connectivity index (χ3v) is 3.98. The number of benzene rings is 1. The zero-order valence-corrected chi connectivity index (χ0v) is 11.0. The SMILES string of the molecule is CC(NCC1(C)CCC1)c1cccc([N+](=O)[O-])c1. The highest BCUT2D eigenvalue weighted by Crippen LogP contribution is 2.39. The van der Waals surface area contributed by atoms with E-state index in [0.717, 1.165) is 12.1 Å². The second-order valence-corrected chi connectivity index (χ2v) is 5.62. The monoisotopic (exact) mass is 248 g/mol. The number of rotatable bonds is 5. The number of nitro groups is 1. The van der Waals surface area contributed by atoms with Gasteiger partial charge in [-0.3, -0.25) is 10.1 Å². The van der Waals surface area contributed by atoms with E-state index in [9.17, 15) is 10.1 Å². The van der Waals surface area contributed by atoms with Crippen LogP contribution in [0.5, 0.6) is 0 Å². The van der Waals surface area contributed by atoms with Crippen molar-refractivity contribution in [1.29, 1.82) is 0 Å². The fourth-order valence-electron chi connectivity index (χ4n) is 2.38. The van der Waals surface area contributed by atoms with Gasteiger partial charge in [0.05, 0.1) is 4.92 Å². The number of non-ortho nitro benzene ring substituents is 1. The van der Waals surface area contributed by atoms with Crippen molar-refractivity contribution >= 4 is 5.69 Å². The summed E-state index contributed by atoms with van der Waals surface area (Å²) in [5.74, 6) is 0. The van der Waals surface area contributed by atoms with Gasteiger partial charge >= 0.3 is 0 Å². The number of nitro benzene ring substituents is 1. The molecule has 1 fully saturated rings. The summed E-state index contributed by atoms with van der Waals surface area (Å²) in [7, 11) is 0. The molecule has 0 amide bonds. The van der Waals surface area contributed by atoms with Crippen LogP contribution >= 0.6 is 0 Å². The van der Waals surface area contributed by atoms with E-state index < -0.39 is 0 Å². The summed E-state index contributed by atoms with van der Waals surface area (Å²) in [6, 6.07) is 7.02. The Labute approximate surface area is 108 Å². The van der Waals surface area contributed by atoms with Gasteiger partial charge in [-0.1, -0.05) is 25.5 Å². The number of hydrogen-bond acceptors (Lipinski definition) is 3. The van der Waals surface area contributed by atoms with Crippen molar-refractivity contribution in [2.24, 2.45) is 5.41 Å². The molecule has 1 N–H and O–H groups in total. The standard InChI is InChI=1S/C14H20N2O2/c1-11(15-10-14(2)7-4-8-14)12-5-3-6-13(9-12)16(17)18/h3,5-6,9,11,15H,4,7-8,10H2,1-2H3. The summed E-state index contributed by atoms with van der Waals surface area (Å²) in [6.45, 7) is 5.33. The minimum absolute atomic E-state index is 0.155. The summed E-state index contributed by atoms with van der Waals surface area (Å²) >= 11 is 0. The van der Waals surface area contributed by atoms with Gasteiger partial charge in [-0.05, 0) is 30.7 Å². The van der Waals surface area contributed by atoms with E-state index in [1.54, 1.807) is 12.1 Å². The van der Waals surface area contributed by atoms with Crippen LogP contribution in [0.4, 0.5) is 5.69 Å². The lowest BCUT2D eigenvalue weighted by molar-refractivity contribution is -0.384. The molecule has 1 aromatic rings. The Kier molecular flexibility index (Phi) is 3.66. The van der Waals surface area contributed by atoms with Crippen LogP contribution in [0.1, 0.15) is 44.7 Å². The highest BCUT2D eigenvalue weighted by molar-refractivity contribution is 5.35. The lowest BCUT2D eigenvalue weighted by Crippen LogP contribution is -2.38. The molecule has 1 unspecified atom stereocenters. The maximum atomic E-state index is 10.7. The zero-order valence-electron chi connectivity index (χ0n) is 11.0. The van der Waals surface area contributed by atoms with Crippen LogP contribution < -0.4 is 5.32 Å². The summed E-state index contributed by atoms with van der Waals surface area (Å²) in [5, 5.41) is 14.2. The van der Waals surface area contributed by atoms with E-state index in [1.807, 2.05) is 6.07 Å². The Morgan fingerprint density at radius 1 is 1.50 bits per heavy atom. The average molecular weight is 248 g/mol. The molecular formula is C14H20N2O2. The normalized spacial score (nSPS) is 19.0. The Hall–Kier alpha value is -1.42. The van der Waals surface area contributed by atoms with Gasteiger partial charge in [-0.15, -0.1) is 0 Å². The molecule has 1 atom stereocenters. The van der Waals surface area contributed by atoms with Gasteiger partial charge in [0.15, 0.2) is 0 Å². The zero-order chi connectivity index (χ0) is 13.2. The molecule has 1 aromatic carbocycles. The largest absolute Gasteiger partial charge is 0.310 e. The van der Waals surface area contributed by atoms with Gasteiger partial charge in [0, 0.05) is 24.7 Å². The first-order valence-electron chi connectivity index (χ1n) is 6.48. The fourth-order valence-corrected chi connectivity index (χ4v) is 2.38. The molecule has 1 aliphatic carbocycles. The van der Waals surface area contributed by atoms with Gasteiger partial charge in [0.25, 0.3) is 5.69 Å². The molecule has 4 nitrogen and oxygen atoms in total. The van der Waals surface area contributed by atoms with Crippen molar-refractivity contribution < 1.29 is 4.92 Å². The number of nitrogens with zero attached hydrogens (tertiary/aromatic N) is 1. The second kappa shape index (κ2) is 5.06. The van der Waals surface area contributed by atoms with Crippen molar-refractivity contribution in [1.82, 2.24) is 5.32 Å². The molecule has 2 rings (SSSR count). The van der Waals surface area contributed by atoms with Crippen molar-refractivity contribution in [3.63, 3.8) is 0 Å². The maximum Gasteiger partial charge on any atom is 0.269 e. The maximum absolute atomic E-state index is 10.7. The molecule has 4 heteroatoms. The van der Waals surface area contributed by atoms with Gasteiger partial charge in [-0.2, -0.15) is 0 Å². The molecular weight excluding hydrogens is 228 g/mol. The fraction of sp³-hybridized carbons (Fsp3) is 0.571. The molecule has 0 aromatic heterocycles. The first-order chi connectivity index (χ1) is 8.50. The minimum Gasteiger partial charge on any atom is -0.310 e. The Morgan fingerprint density at radius 2 is 2.22 bits per heavy atom. The van der Waals surface area contributed by atoms with Gasteiger partial charge < -0.3 is 5.32 Å². The molecule has 1 aliphatic rings. The quantitative estimate of drug-likeness (QED) is 0.641. The van der Waals surface area contributed by atoms with Crippen LogP contribution in [-0.4, -0.2) is 11.5 Å². The molecule has 0 aliphatic heterocycles. The third kappa shape index (κ3) is 2.88. The number of nitrogens with one attached hydrogen (secondary N) is 1. The Morgan fingerprint density at radius 3 is 2.78 bits per heavy atom. The van der Waals surface area contributed by atoms with Gasteiger partial charge in [0.1, 0.15) is 0 Å². The lowest BCUT2D eigenvalue weighted by Gasteiger charge is -2.39. The van der Waals surface area contributed by atoms with E-state index in [-0.39, 0.29) is 16.7 Å². The van der Waals surface area contributed by atoms with Gasteiger partial charge in [0.2, 0.25) is 0 Å². The molecule has 1 saturated carbocycles. The highest BCUT2D eigenvalue weighted by atomic mass is 16.6. The van der Waals surface area contributed by atoms with E-state index in [2.05, 4.69) is 19.2 Å². The first kappa shape index (κ1) is 13.0. The van der Waals surface area contributed by atoms with E-state index in [0.29, 0.717) is 5.41 Å². The second-order valence-electron chi connectivity index (χ2n) is 5.62. The molecule has 0 heterocycles. The Balaban J connectivity index is 1.97. The molecule has 0 radical (unpaired) electrons. The molecule has 18 heavy (non-hydrogen) atoms. The van der Waals surface area contributed by atoms with Crippen molar-refractivity contribution in [2.75, 3.05) is 6.54 Å². The smallest absolute Gasteiger partial charge is 0.269 e. The first-order valence-corrected chi connectivity index (χ1v) is 6.48. The van der Waals surface area contributed by atoms with Crippen LogP contribution in [0.2, 0.25) is 0 Å². The third-order valence-electron chi connectivity index (χ3n) is 3.98. The van der Waals surface area contributed by atoms with E-state index >= 15 is 0 Å². The predicted octanol–water partition coefficient (Wildman–Crippen LogP) is 3.44. The molecule has 98 valence electrons. The number of hydrogen-bond donors (Lipinski definition) is 1. The van der Waals surface area contributed by atoms with Crippen LogP contribution in [0.25, 0.3) is 0 Å². The predicted molar refractivity (Wildman–Crippen MR) is 71.5 cm³/mol. The summed E-state index contributed by atoms with van der Waals surface area (Å²) in [5.41, 5.74) is 1.57. The van der Waals surface area contributed by atoms with Crippen LogP contribution in [-0.2, 0) is 0 Å². The summed E-state index contributed by atoms with van der Waals surface area (Å²) in [6.07, 6.45) is 3.88. The Bertz CT molecular complexity index is 441. The van der Waals surface area contributed by atoms with Crippen molar-refractivity contribution in [2.45, 2.75) is 39.2 Å². The van der Waals surface area contributed by atoms with Crippen molar-refractivity contribution in [3.8, 4) is 0 Å². The van der Waals surface area contributed by atoms with Gasteiger partial charge in [-0.25, -0.2) is 0 Å². The summed E-state index contributed by atoms with van der Waals surface area (Å²) < 4.78 is 0.